The van der Waals surface area contributed by atoms with Gasteiger partial charge in [-0.25, -0.2) is 0 Å². The standard InChI is InChI=1S/C10H15NO.C7H13N3S/c1-2-3-8-12-10-6-4-9(11)5-7-10;1-6-7(8)5-10(9-6)3-4-11-2/h4-7H,2-3,8,11H2,1H3;5H,3-4,8H2,1-2H3. The minimum Gasteiger partial charge on any atom is -0.494 e. The van der Waals surface area contributed by atoms with E-state index in [1.165, 1.54) is 0 Å². The van der Waals surface area contributed by atoms with Crippen molar-refractivity contribution in [3.8, 4) is 5.75 Å². The number of aryl methyl sites for hydroxylation is 2. The maximum Gasteiger partial charge on any atom is 0.119 e. The van der Waals surface area contributed by atoms with Crippen molar-refractivity contribution in [2.24, 2.45) is 0 Å². The molecule has 2 rings (SSSR count). The molecular weight excluding hydrogens is 308 g/mol. The Morgan fingerprint density at radius 2 is 1.91 bits per heavy atom. The lowest BCUT2D eigenvalue weighted by molar-refractivity contribution is 0.309. The number of nitrogens with zero attached hydrogens (tertiary/aromatic N) is 2. The molecule has 0 aliphatic carbocycles. The van der Waals surface area contributed by atoms with Crippen molar-refractivity contribution in [3.63, 3.8) is 0 Å². The maximum atomic E-state index is 5.62. The number of ether oxygens (including phenoxy) is 1. The highest BCUT2D eigenvalue weighted by Crippen LogP contribution is 2.13. The van der Waals surface area contributed by atoms with Crippen molar-refractivity contribution in [2.45, 2.75) is 33.2 Å². The molecule has 0 unspecified atom stereocenters. The number of anilines is 2. The minimum absolute atomic E-state index is 0.776. The van der Waals surface area contributed by atoms with E-state index in [2.05, 4.69) is 18.3 Å². The molecule has 128 valence electrons. The molecule has 5 nitrogen and oxygen atoms in total. The van der Waals surface area contributed by atoms with E-state index in [4.69, 9.17) is 16.2 Å². The van der Waals surface area contributed by atoms with Crippen molar-refractivity contribution >= 4 is 23.1 Å². The SMILES string of the molecule is CCCCOc1ccc(N)cc1.CSCCn1cc(N)c(C)n1. The molecule has 1 aromatic carbocycles. The molecule has 0 atom stereocenters. The van der Waals surface area contributed by atoms with Gasteiger partial charge in [-0.3, -0.25) is 4.68 Å². The van der Waals surface area contributed by atoms with Crippen molar-refractivity contribution in [1.82, 2.24) is 9.78 Å². The molecule has 23 heavy (non-hydrogen) atoms. The molecular formula is C17H28N4OS. The summed E-state index contributed by atoms with van der Waals surface area (Å²) in [5.41, 5.74) is 13.6. The van der Waals surface area contributed by atoms with Crippen LogP contribution in [0.5, 0.6) is 5.75 Å². The normalized spacial score (nSPS) is 10.0. The number of hydrogen-bond acceptors (Lipinski definition) is 5. The monoisotopic (exact) mass is 336 g/mol. The Morgan fingerprint density at radius 3 is 2.43 bits per heavy atom. The predicted molar refractivity (Wildman–Crippen MR) is 101 cm³/mol. The van der Waals surface area contributed by atoms with Gasteiger partial charge >= 0.3 is 0 Å². The third-order valence-corrected chi connectivity index (χ3v) is 3.75. The van der Waals surface area contributed by atoms with Gasteiger partial charge in [0.1, 0.15) is 5.75 Å². The summed E-state index contributed by atoms with van der Waals surface area (Å²) in [6, 6.07) is 7.48. The number of unbranched alkanes of at least 4 members (excludes halogenated alkanes) is 1. The summed E-state index contributed by atoms with van der Waals surface area (Å²) in [4.78, 5) is 0. The highest BCUT2D eigenvalue weighted by molar-refractivity contribution is 7.98. The molecule has 2 aromatic rings. The van der Waals surface area contributed by atoms with Gasteiger partial charge in [0.2, 0.25) is 0 Å². The largest absolute Gasteiger partial charge is 0.494 e. The third kappa shape index (κ3) is 7.83. The topological polar surface area (TPSA) is 79.1 Å². The van der Waals surface area contributed by atoms with Gasteiger partial charge in [-0.1, -0.05) is 13.3 Å². The average molecular weight is 337 g/mol. The lowest BCUT2D eigenvalue weighted by Gasteiger charge is -2.04. The predicted octanol–water partition coefficient (Wildman–Crippen LogP) is 3.58. The van der Waals surface area contributed by atoms with E-state index in [0.29, 0.717) is 0 Å². The van der Waals surface area contributed by atoms with E-state index in [-0.39, 0.29) is 0 Å². The van der Waals surface area contributed by atoms with Gasteiger partial charge in [0.15, 0.2) is 0 Å². The molecule has 4 N–H and O–H groups in total. The van der Waals surface area contributed by atoms with Crippen LogP contribution < -0.4 is 16.2 Å². The summed E-state index contributed by atoms with van der Waals surface area (Å²) < 4.78 is 7.34. The molecule has 0 spiro atoms. The first-order chi connectivity index (χ1) is 11.1. The van der Waals surface area contributed by atoms with Crippen molar-refractivity contribution in [3.05, 3.63) is 36.2 Å². The Labute approximate surface area is 143 Å². The fraction of sp³-hybridized carbons (Fsp3) is 0.471. The Bertz CT molecular complexity index is 535. The zero-order valence-electron chi connectivity index (χ0n) is 14.3. The second-order valence-electron chi connectivity index (χ2n) is 5.20. The lowest BCUT2D eigenvalue weighted by Crippen LogP contribution is -2.00. The molecule has 0 fully saturated rings. The number of nitrogens with two attached hydrogens (primary N) is 2. The maximum absolute atomic E-state index is 5.62. The zero-order valence-corrected chi connectivity index (χ0v) is 15.1. The molecule has 1 heterocycles. The quantitative estimate of drug-likeness (QED) is 0.597. The summed E-state index contributed by atoms with van der Waals surface area (Å²) in [6.07, 6.45) is 6.23. The first-order valence-electron chi connectivity index (χ1n) is 7.83. The molecule has 0 amide bonds. The second-order valence-corrected chi connectivity index (χ2v) is 6.18. The Balaban J connectivity index is 0.000000231. The van der Waals surface area contributed by atoms with Gasteiger partial charge in [0.25, 0.3) is 0 Å². The first-order valence-corrected chi connectivity index (χ1v) is 9.23. The summed E-state index contributed by atoms with van der Waals surface area (Å²) in [5, 5.41) is 4.23. The van der Waals surface area contributed by atoms with Crippen LogP contribution >= 0.6 is 11.8 Å². The fourth-order valence-electron chi connectivity index (χ4n) is 1.73. The molecule has 0 saturated carbocycles. The number of aromatic nitrogens is 2. The average Bonchev–Trinajstić information content (AvgIpc) is 2.86. The second kappa shape index (κ2) is 10.8. The minimum atomic E-state index is 0.776. The van der Waals surface area contributed by atoms with E-state index in [1.807, 2.05) is 53.8 Å². The Kier molecular flexibility index (Phi) is 9.05. The van der Waals surface area contributed by atoms with E-state index in [1.54, 1.807) is 0 Å². The van der Waals surface area contributed by atoms with Crippen LogP contribution in [0.3, 0.4) is 0 Å². The fourth-order valence-corrected chi connectivity index (χ4v) is 2.10. The Hall–Kier alpha value is -1.82. The van der Waals surface area contributed by atoms with Crippen LogP contribution in [0.4, 0.5) is 11.4 Å². The van der Waals surface area contributed by atoms with Crippen LogP contribution in [-0.4, -0.2) is 28.4 Å². The van der Waals surface area contributed by atoms with Crippen molar-refractivity contribution in [2.75, 3.05) is 30.1 Å². The van der Waals surface area contributed by atoms with Crippen LogP contribution in [-0.2, 0) is 6.54 Å². The van der Waals surface area contributed by atoms with Gasteiger partial charge in [-0.2, -0.15) is 16.9 Å². The number of benzene rings is 1. The van der Waals surface area contributed by atoms with Crippen LogP contribution in [0.1, 0.15) is 25.5 Å². The molecule has 1 aromatic heterocycles. The first kappa shape index (κ1) is 19.2. The molecule has 0 aliphatic rings. The van der Waals surface area contributed by atoms with E-state index in [9.17, 15) is 0 Å². The van der Waals surface area contributed by atoms with Crippen LogP contribution in [0.2, 0.25) is 0 Å². The third-order valence-electron chi connectivity index (χ3n) is 3.16. The molecule has 0 aliphatic heterocycles. The molecule has 0 radical (unpaired) electrons. The van der Waals surface area contributed by atoms with Gasteiger partial charge in [0, 0.05) is 17.6 Å². The van der Waals surface area contributed by atoms with Crippen LogP contribution in [0, 0.1) is 6.92 Å². The highest BCUT2D eigenvalue weighted by Gasteiger charge is 1.98. The van der Waals surface area contributed by atoms with Crippen LogP contribution in [0.25, 0.3) is 0 Å². The summed E-state index contributed by atoms with van der Waals surface area (Å²) in [5.74, 6) is 1.98. The van der Waals surface area contributed by atoms with Gasteiger partial charge in [-0.15, -0.1) is 0 Å². The zero-order chi connectivity index (χ0) is 17.1. The smallest absolute Gasteiger partial charge is 0.119 e. The number of thioether (sulfide) groups is 1. The van der Waals surface area contributed by atoms with Gasteiger partial charge in [-0.05, 0) is 43.9 Å². The molecule has 6 heteroatoms. The van der Waals surface area contributed by atoms with E-state index < -0.39 is 0 Å². The van der Waals surface area contributed by atoms with Crippen LogP contribution in [0.15, 0.2) is 30.5 Å². The number of nitrogen functional groups attached to an aromatic ring is 2. The Morgan fingerprint density at radius 1 is 1.22 bits per heavy atom. The molecule has 0 saturated heterocycles. The summed E-state index contributed by atoms with van der Waals surface area (Å²) in [6.45, 7) is 5.80. The summed E-state index contributed by atoms with van der Waals surface area (Å²) in [7, 11) is 0. The lowest BCUT2D eigenvalue weighted by atomic mass is 10.3. The summed E-state index contributed by atoms with van der Waals surface area (Å²) >= 11 is 1.81. The van der Waals surface area contributed by atoms with E-state index >= 15 is 0 Å². The number of hydrogen-bond donors (Lipinski definition) is 2. The van der Waals surface area contributed by atoms with Gasteiger partial charge in [0.05, 0.1) is 24.5 Å². The molecule has 0 bridgehead atoms. The number of rotatable bonds is 7. The van der Waals surface area contributed by atoms with Crippen molar-refractivity contribution in [1.29, 1.82) is 0 Å². The highest BCUT2D eigenvalue weighted by atomic mass is 32.2. The van der Waals surface area contributed by atoms with E-state index in [0.717, 1.165) is 54.6 Å². The van der Waals surface area contributed by atoms with Gasteiger partial charge < -0.3 is 16.2 Å². The van der Waals surface area contributed by atoms with Crippen molar-refractivity contribution < 1.29 is 4.74 Å².